The molecule has 0 aromatic rings. The van der Waals surface area contributed by atoms with E-state index in [1.165, 1.54) is 0 Å². The van der Waals surface area contributed by atoms with Gasteiger partial charge in [0.1, 0.15) is 0 Å². The van der Waals surface area contributed by atoms with E-state index in [9.17, 15) is 16.8 Å². The van der Waals surface area contributed by atoms with Gasteiger partial charge in [0.2, 0.25) is 0 Å². The van der Waals surface area contributed by atoms with Crippen molar-refractivity contribution in [2.75, 3.05) is 0 Å². The first-order valence-electron chi connectivity index (χ1n) is 1.53. The van der Waals surface area contributed by atoms with E-state index in [0.717, 1.165) is 0 Å². The summed E-state index contributed by atoms with van der Waals surface area (Å²) < 4.78 is 58.9. The van der Waals surface area contributed by atoms with E-state index in [0.29, 0.717) is 0 Å². The molecule has 13 heavy (non-hydrogen) atoms. The Kier molecular flexibility index (Phi) is 14.5. The van der Waals surface area contributed by atoms with Crippen LogP contribution in [0.1, 0.15) is 7.43 Å². The van der Waals surface area contributed by atoms with Gasteiger partial charge in [-0.2, -0.15) is 16.8 Å². The number of hydrogen-bond acceptors (Lipinski definition) is 7. The second kappa shape index (κ2) is 8.05. The molecule has 0 heterocycles. The van der Waals surface area contributed by atoms with Gasteiger partial charge >= 0.3 is 50.4 Å². The molecular weight excluding hydrogens is 243 g/mol. The molecule has 0 rings (SSSR count). The van der Waals surface area contributed by atoms with Gasteiger partial charge in [-0.1, -0.05) is 16.1 Å². The molecule has 12 heteroatoms. The van der Waals surface area contributed by atoms with Crippen LogP contribution < -0.4 is 29.6 Å². The largest absolute Gasteiger partial charge is 1.00 e. The van der Waals surface area contributed by atoms with Crippen molar-refractivity contribution in [3.63, 3.8) is 0 Å². The van der Waals surface area contributed by atoms with Crippen molar-refractivity contribution in [2.24, 2.45) is 0 Å². The molecule has 0 unspecified atom stereocenters. The van der Waals surface area contributed by atoms with E-state index in [1.54, 1.807) is 0 Å². The minimum atomic E-state index is -5.02. The maximum absolute atomic E-state index is 9.51. The summed E-state index contributed by atoms with van der Waals surface area (Å²) in [4.78, 5) is 0. The molecule has 0 saturated heterocycles. The molecule has 0 aromatic heterocycles. The van der Waals surface area contributed by atoms with Crippen molar-refractivity contribution >= 4 is 20.8 Å². The van der Waals surface area contributed by atoms with Crippen molar-refractivity contribution < 1.29 is 69.6 Å². The summed E-state index contributed by atoms with van der Waals surface area (Å²) in [6.07, 6.45) is 0. The van der Waals surface area contributed by atoms with E-state index >= 15 is 0 Å². The molecule has 78 valence electrons. The fourth-order valence-electron chi connectivity index (χ4n) is 0.0702. The average molecular weight is 250 g/mol. The quantitative estimate of drug-likeness (QED) is 0.220. The minimum Gasteiger partial charge on any atom is -0.870 e. The SMILES string of the molecule is C.O=S(=O)(O)OOS(=O)(=O)O.[Na+].[OH-]. The molecule has 0 aliphatic carbocycles. The minimum absolute atomic E-state index is 0. The van der Waals surface area contributed by atoms with Gasteiger partial charge in [0.05, 0.1) is 0 Å². The molecule has 0 spiro atoms. The smallest absolute Gasteiger partial charge is 0.870 e. The van der Waals surface area contributed by atoms with Crippen LogP contribution in [0, 0.1) is 0 Å². The van der Waals surface area contributed by atoms with Crippen LogP contribution >= 0.6 is 0 Å². The monoisotopic (exact) mass is 250 g/mol. The molecule has 0 fully saturated rings. The predicted octanol–water partition coefficient (Wildman–Crippen LogP) is -4.00. The molecule has 3 N–H and O–H groups in total. The molecular formula is CH7NaO9S2. The normalized spacial score (nSPS) is 10.3. The molecule has 9 nitrogen and oxygen atoms in total. The van der Waals surface area contributed by atoms with Crippen molar-refractivity contribution in [3.05, 3.63) is 0 Å². The second-order valence-electron chi connectivity index (χ2n) is 0.992. The van der Waals surface area contributed by atoms with E-state index in [1.807, 2.05) is 0 Å². The van der Waals surface area contributed by atoms with Gasteiger partial charge < -0.3 is 5.48 Å². The predicted molar refractivity (Wildman–Crippen MR) is 33.9 cm³/mol. The first kappa shape index (κ1) is 23.5. The van der Waals surface area contributed by atoms with Crippen molar-refractivity contribution in [3.8, 4) is 0 Å². The van der Waals surface area contributed by atoms with Gasteiger partial charge in [-0.3, -0.25) is 9.11 Å². The molecule has 0 saturated carbocycles. The standard InChI is InChI=1S/CH4.Na.H2O8S2.H2O/c;;1-9(2,3)7-8-10(4,5)6;/h1H4;;(H,1,2,3)(H,4,5,6);1H2/q;+1;;/p-1. The van der Waals surface area contributed by atoms with Crippen LogP contribution in [0.2, 0.25) is 0 Å². The summed E-state index contributed by atoms with van der Waals surface area (Å²) in [7, 11) is -10.0. The van der Waals surface area contributed by atoms with Gasteiger partial charge in [-0.05, 0) is 0 Å². The Balaban J connectivity index is -0.000000135. The maximum atomic E-state index is 9.51. The Morgan fingerprint density at radius 2 is 1.00 bits per heavy atom. The molecule has 0 amide bonds. The number of rotatable bonds is 3. The summed E-state index contributed by atoms with van der Waals surface area (Å²) in [5.74, 6) is 0. The topological polar surface area (TPSA) is 157 Å². The van der Waals surface area contributed by atoms with Crippen molar-refractivity contribution in [1.29, 1.82) is 0 Å². The van der Waals surface area contributed by atoms with Gasteiger partial charge in [0, 0.05) is 0 Å². The van der Waals surface area contributed by atoms with E-state index in [2.05, 4.69) is 8.67 Å². The van der Waals surface area contributed by atoms with E-state index in [-0.39, 0.29) is 42.5 Å². The van der Waals surface area contributed by atoms with Crippen LogP contribution in [0.25, 0.3) is 0 Å². The van der Waals surface area contributed by atoms with Gasteiger partial charge in [-0.15, -0.1) is 0 Å². The molecule has 0 radical (unpaired) electrons. The molecule has 0 atom stereocenters. The van der Waals surface area contributed by atoms with Crippen molar-refractivity contribution in [2.45, 2.75) is 7.43 Å². The first-order valence-corrected chi connectivity index (χ1v) is 4.26. The Labute approximate surface area is 97.5 Å². The summed E-state index contributed by atoms with van der Waals surface area (Å²) in [5.41, 5.74) is 0. The van der Waals surface area contributed by atoms with Crippen LogP contribution in [-0.4, -0.2) is 31.4 Å². The zero-order chi connectivity index (χ0) is 8.41. The zero-order valence-corrected chi connectivity index (χ0v) is 9.24. The Hall–Kier alpha value is 0.700. The molecule has 0 aliphatic heterocycles. The molecule has 0 aliphatic rings. The van der Waals surface area contributed by atoms with Crippen LogP contribution in [-0.2, 0) is 29.5 Å². The fourth-order valence-corrected chi connectivity index (χ4v) is 0.632. The van der Waals surface area contributed by atoms with Gasteiger partial charge in [0.25, 0.3) is 0 Å². The van der Waals surface area contributed by atoms with E-state index < -0.39 is 20.8 Å². The van der Waals surface area contributed by atoms with Crippen LogP contribution in [0.3, 0.4) is 0 Å². The summed E-state index contributed by atoms with van der Waals surface area (Å²) >= 11 is 0. The molecule has 0 bridgehead atoms. The summed E-state index contributed by atoms with van der Waals surface area (Å²) in [6.45, 7) is 0. The van der Waals surface area contributed by atoms with Crippen LogP contribution in [0.5, 0.6) is 0 Å². The summed E-state index contributed by atoms with van der Waals surface area (Å²) in [6, 6.07) is 0. The molecule has 0 aromatic carbocycles. The summed E-state index contributed by atoms with van der Waals surface area (Å²) in [5, 5.41) is 0. The van der Waals surface area contributed by atoms with E-state index in [4.69, 9.17) is 9.11 Å². The fraction of sp³-hybridized carbons (Fsp3) is 1.00. The zero-order valence-electron chi connectivity index (χ0n) is 5.61. The van der Waals surface area contributed by atoms with Gasteiger partial charge in [-0.25, -0.2) is 0 Å². The third kappa shape index (κ3) is 24.5. The Morgan fingerprint density at radius 1 is 0.846 bits per heavy atom. The average Bonchev–Trinajstić information content (AvgIpc) is 1.57. The third-order valence-electron chi connectivity index (χ3n) is 0.200. The van der Waals surface area contributed by atoms with Gasteiger partial charge in [0.15, 0.2) is 0 Å². The maximum Gasteiger partial charge on any atom is 1.00 e. The number of hydrogen-bond donors (Lipinski definition) is 2. The van der Waals surface area contributed by atoms with Crippen molar-refractivity contribution in [1.82, 2.24) is 0 Å². The second-order valence-corrected chi connectivity index (χ2v) is 2.97. The van der Waals surface area contributed by atoms with Crippen LogP contribution in [0.4, 0.5) is 0 Å². The van der Waals surface area contributed by atoms with Crippen LogP contribution in [0.15, 0.2) is 0 Å². The Morgan fingerprint density at radius 3 is 1.08 bits per heavy atom. The Bertz CT molecular complexity index is 254. The first-order chi connectivity index (χ1) is 4.21. The third-order valence-corrected chi connectivity index (χ3v) is 0.766.